The van der Waals surface area contributed by atoms with E-state index < -0.39 is 0 Å². The lowest BCUT2D eigenvalue weighted by Gasteiger charge is -2.03. The van der Waals surface area contributed by atoms with Crippen molar-refractivity contribution in [1.29, 1.82) is 0 Å². The maximum Gasteiger partial charge on any atom is 0.317 e. The molecule has 0 saturated carbocycles. The molecule has 0 heterocycles. The highest BCUT2D eigenvalue weighted by atomic mass is 16.5. The first-order valence-electron chi connectivity index (χ1n) is 6.39. The molecule has 0 fully saturated rings. The van der Waals surface area contributed by atoms with Crippen molar-refractivity contribution >= 4 is 16.7 Å². The van der Waals surface area contributed by atoms with Crippen LogP contribution in [0, 0.1) is 11.8 Å². The van der Waals surface area contributed by atoms with Gasteiger partial charge in [0.1, 0.15) is 6.42 Å². The van der Waals surface area contributed by atoms with Crippen LogP contribution in [0.15, 0.2) is 30.3 Å². The summed E-state index contributed by atoms with van der Waals surface area (Å²) in [6.07, 6.45) is 2.37. The third-order valence-electron chi connectivity index (χ3n) is 3.56. The normalized spacial score (nSPS) is 12.1. The van der Waals surface area contributed by atoms with Gasteiger partial charge in [-0.05, 0) is 40.8 Å². The molecule has 0 spiro atoms. The van der Waals surface area contributed by atoms with Gasteiger partial charge in [0.2, 0.25) is 0 Å². The molecule has 2 heteroatoms. The van der Waals surface area contributed by atoms with Gasteiger partial charge in [-0.3, -0.25) is 4.79 Å². The molecule has 0 radical (unpaired) electrons. The van der Waals surface area contributed by atoms with E-state index in [0.29, 0.717) is 0 Å². The van der Waals surface area contributed by atoms with E-state index in [1.165, 1.54) is 29.0 Å². The van der Waals surface area contributed by atoms with Crippen molar-refractivity contribution in [2.75, 3.05) is 7.11 Å². The standard InChI is InChI=1S/C17H14O2/c1-19-16(18)7-3-4-12-8-9-14-11-10-13-5-2-6-15(12)17(13)14/h2,5-6,8-9H,7,10-11H2,1H3. The highest BCUT2D eigenvalue weighted by Crippen LogP contribution is 2.32. The summed E-state index contributed by atoms with van der Waals surface area (Å²) >= 11 is 0. The van der Waals surface area contributed by atoms with Crippen LogP contribution in [0.5, 0.6) is 0 Å². The van der Waals surface area contributed by atoms with Crippen molar-refractivity contribution in [2.45, 2.75) is 19.3 Å². The number of aryl methyl sites for hydroxylation is 2. The number of hydrogen-bond donors (Lipinski definition) is 0. The van der Waals surface area contributed by atoms with Crippen molar-refractivity contribution in [2.24, 2.45) is 0 Å². The van der Waals surface area contributed by atoms with E-state index in [4.69, 9.17) is 0 Å². The minimum absolute atomic E-state index is 0.138. The highest BCUT2D eigenvalue weighted by Gasteiger charge is 2.14. The Bertz CT molecular complexity index is 707. The van der Waals surface area contributed by atoms with Crippen LogP contribution in [0.1, 0.15) is 23.1 Å². The largest absolute Gasteiger partial charge is 0.468 e. The zero-order valence-corrected chi connectivity index (χ0v) is 10.8. The Hall–Kier alpha value is -2.27. The fraction of sp³-hybridized carbons (Fsp3) is 0.235. The lowest BCUT2D eigenvalue weighted by atomic mass is 10.0. The smallest absolute Gasteiger partial charge is 0.317 e. The third kappa shape index (κ3) is 2.08. The number of ether oxygens (including phenoxy) is 1. The van der Waals surface area contributed by atoms with Crippen molar-refractivity contribution < 1.29 is 9.53 Å². The first kappa shape index (κ1) is 11.8. The van der Waals surface area contributed by atoms with Crippen LogP contribution in [0.2, 0.25) is 0 Å². The maximum atomic E-state index is 11.1. The molecule has 19 heavy (non-hydrogen) atoms. The number of rotatable bonds is 1. The van der Waals surface area contributed by atoms with E-state index >= 15 is 0 Å². The van der Waals surface area contributed by atoms with E-state index in [1.807, 2.05) is 0 Å². The molecular formula is C17H14O2. The second-order valence-corrected chi connectivity index (χ2v) is 4.67. The van der Waals surface area contributed by atoms with Gasteiger partial charge in [0.25, 0.3) is 0 Å². The Morgan fingerprint density at radius 2 is 2.00 bits per heavy atom. The summed E-state index contributed by atoms with van der Waals surface area (Å²) in [6.45, 7) is 0. The average molecular weight is 250 g/mol. The van der Waals surface area contributed by atoms with Crippen LogP contribution in [0.3, 0.4) is 0 Å². The van der Waals surface area contributed by atoms with Gasteiger partial charge in [-0.1, -0.05) is 36.1 Å². The van der Waals surface area contributed by atoms with Gasteiger partial charge in [-0.25, -0.2) is 0 Å². The van der Waals surface area contributed by atoms with Crippen molar-refractivity contribution in [3.8, 4) is 11.8 Å². The molecule has 0 aliphatic heterocycles. The lowest BCUT2D eigenvalue weighted by molar-refractivity contribution is -0.139. The van der Waals surface area contributed by atoms with Crippen molar-refractivity contribution in [1.82, 2.24) is 0 Å². The molecule has 0 atom stereocenters. The van der Waals surface area contributed by atoms with Gasteiger partial charge in [0.05, 0.1) is 7.11 Å². The summed E-state index contributed by atoms with van der Waals surface area (Å²) in [6, 6.07) is 10.6. The van der Waals surface area contributed by atoms with Crippen LogP contribution >= 0.6 is 0 Å². The van der Waals surface area contributed by atoms with Crippen molar-refractivity contribution in [3.63, 3.8) is 0 Å². The molecule has 2 aromatic carbocycles. The Morgan fingerprint density at radius 3 is 2.79 bits per heavy atom. The third-order valence-corrected chi connectivity index (χ3v) is 3.56. The van der Waals surface area contributed by atoms with Crippen LogP contribution in [-0.2, 0) is 22.4 Å². The molecule has 2 nitrogen and oxygen atoms in total. The van der Waals surface area contributed by atoms with E-state index in [1.54, 1.807) is 0 Å². The SMILES string of the molecule is COC(=O)CC#Cc1ccc2c3c(cccc13)CC2. The predicted octanol–water partition coefficient (Wildman–Crippen LogP) is 2.85. The number of esters is 1. The van der Waals surface area contributed by atoms with Crippen LogP contribution in [-0.4, -0.2) is 13.1 Å². The molecule has 0 aromatic heterocycles. The molecule has 0 N–H and O–H groups in total. The Balaban J connectivity index is 2.04. The number of carbonyl (C=O) groups is 1. The number of benzene rings is 2. The minimum Gasteiger partial charge on any atom is -0.468 e. The second kappa shape index (κ2) is 4.78. The first-order valence-corrected chi connectivity index (χ1v) is 6.39. The summed E-state index contributed by atoms with van der Waals surface area (Å²) in [5, 5.41) is 2.55. The molecule has 0 unspecified atom stereocenters. The average Bonchev–Trinajstić information content (AvgIpc) is 2.86. The monoisotopic (exact) mass is 250 g/mol. The summed E-state index contributed by atoms with van der Waals surface area (Å²) in [7, 11) is 1.38. The van der Waals surface area contributed by atoms with Gasteiger partial charge < -0.3 is 4.74 Å². The molecule has 1 aliphatic carbocycles. The Kier molecular flexibility index (Phi) is 2.97. The van der Waals surface area contributed by atoms with Gasteiger partial charge in [-0.2, -0.15) is 0 Å². The second-order valence-electron chi connectivity index (χ2n) is 4.67. The summed E-state index contributed by atoms with van der Waals surface area (Å²) in [4.78, 5) is 11.1. The predicted molar refractivity (Wildman–Crippen MR) is 74.9 cm³/mol. The zero-order chi connectivity index (χ0) is 13.2. The van der Waals surface area contributed by atoms with E-state index in [2.05, 4.69) is 46.9 Å². The zero-order valence-electron chi connectivity index (χ0n) is 10.8. The molecule has 0 bridgehead atoms. The van der Waals surface area contributed by atoms with E-state index in [-0.39, 0.29) is 12.4 Å². The van der Waals surface area contributed by atoms with Gasteiger partial charge >= 0.3 is 5.97 Å². The Labute approximate surface area is 112 Å². The molecule has 2 aromatic rings. The molecule has 0 saturated heterocycles. The number of carbonyl (C=O) groups excluding carboxylic acids is 1. The number of hydrogen-bond acceptors (Lipinski definition) is 2. The molecule has 0 amide bonds. The van der Waals surface area contributed by atoms with Crippen LogP contribution in [0.25, 0.3) is 10.8 Å². The van der Waals surface area contributed by atoms with Crippen LogP contribution < -0.4 is 0 Å². The van der Waals surface area contributed by atoms with Gasteiger partial charge in [0, 0.05) is 5.56 Å². The van der Waals surface area contributed by atoms with Gasteiger partial charge in [0.15, 0.2) is 0 Å². The molecular weight excluding hydrogens is 236 g/mol. The van der Waals surface area contributed by atoms with E-state index in [9.17, 15) is 4.79 Å². The molecule has 3 rings (SSSR count). The fourth-order valence-corrected chi connectivity index (χ4v) is 2.64. The van der Waals surface area contributed by atoms with Gasteiger partial charge in [-0.15, -0.1) is 0 Å². The summed E-state index contributed by atoms with van der Waals surface area (Å²) in [5.41, 5.74) is 3.81. The highest BCUT2D eigenvalue weighted by molar-refractivity contribution is 5.95. The van der Waals surface area contributed by atoms with E-state index in [0.717, 1.165) is 18.4 Å². The minimum atomic E-state index is -0.293. The fourth-order valence-electron chi connectivity index (χ4n) is 2.64. The Morgan fingerprint density at radius 1 is 1.21 bits per heavy atom. The number of methoxy groups -OCH3 is 1. The quantitative estimate of drug-likeness (QED) is 0.574. The first-order chi connectivity index (χ1) is 9.29. The molecule has 94 valence electrons. The summed E-state index contributed by atoms with van der Waals surface area (Å²) in [5.74, 6) is 5.67. The van der Waals surface area contributed by atoms with Crippen LogP contribution in [0.4, 0.5) is 0 Å². The summed E-state index contributed by atoms with van der Waals surface area (Å²) < 4.78 is 4.58. The van der Waals surface area contributed by atoms with Crippen molar-refractivity contribution in [3.05, 3.63) is 47.0 Å². The molecule has 1 aliphatic rings. The lowest BCUT2D eigenvalue weighted by Crippen LogP contribution is -1.97. The topological polar surface area (TPSA) is 26.3 Å². The maximum absolute atomic E-state index is 11.1.